The fourth-order valence-corrected chi connectivity index (χ4v) is 2.49. The number of benzene rings is 2. The first kappa shape index (κ1) is 15.0. The minimum atomic E-state index is -0.643. The molecule has 0 amide bonds. The average molecular weight is 339 g/mol. The van der Waals surface area contributed by atoms with Gasteiger partial charge < -0.3 is 9.84 Å². The van der Waals surface area contributed by atoms with E-state index in [1.807, 2.05) is 18.2 Å². The largest absolute Gasteiger partial charge is 0.497 e. The van der Waals surface area contributed by atoms with E-state index in [9.17, 15) is 9.50 Å². The van der Waals surface area contributed by atoms with Gasteiger partial charge in [0.15, 0.2) is 0 Å². The monoisotopic (exact) mass is 338 g/mol. The second-order valence-corrected chi connectivity index (χ2v) is 5.47. The van der Waals surface area contributed by atoms with Gasteiger partial charge >= 0.3 is 0 Å². The van der Waals surface area contributed by atoms with Gasteiger partial charge in [0.2, 0.25) is 0 Å². The number of hydrogen-bond donors (Lipinski definition) is 1. The third-order valence-corrected chi connectivity index (χ3v) is 3.90. The van der Waals surface area contributed by atoms with Crippen molar-refractivity contribution in [3.63, 3.8) is 0 Å². The summed E-state index contributed by atoms with van der Waals surface area (Å²) < 4.78 is 19.6. The van der Waals surface area contributed by atoms with Crippen molar-refractivity contribution in [1.29, 1.82) is 0 Å². The molecule has 0 aromatic heterocycles. The quantitative estimate of drug-likeness (QED) is 0.899. The normalized spacial score (nSPS) is 12.2. The Hall–Kier alpha value is -1.39. The lowest BCUT2D eigenvalue weighted by Gasteiger charge is -2.13. The molecule has 0 aliphatic carbocycles. The van der Waals surface area contributed by atoms with Crippen LogP contribution in [-0.4, -0.2) is 18.3 Å². The Morgan fingerprint density at radius 3 is 2.55 bits per heavy atom. The Bertz CT molecular complexity index is 586. The maximum absolute atomic E-state index is 13.5. The molecule has 0 saturated carbocycles. The fourth-order valence-electron chi connectivity index (χ4n) is 2.08. The Labute approximate surface area is 126 Å². The molecule has 0 aliphatic heterocycles. The smallest absolute Gasteiger partial charge is 0.126 e. The van der Waals surface area contributed by atoms with Gasteiger partial charge in [0, 0.05) is 10.9 Å². The predicted molar refractivity (Wildman–Crippen MR) is 80.5 cm³/mol. The van der Waals surface area contributed by atoms with Gasteiger partial charge in [-0.25, -0.2) is 4.39 Å². The molecule has 1 atom stereocenters. The van der Waals surface area contributed by atoms with Crippen LogP contribution in [0.5, 0.6) is 5.75 Å². The molecule has 0 heterocycles. The molecule has 2 rings (SSSR count). The summed E-state index contributed by atoms with van der Waals surface area (Å²) in [6.07, 6.45) is 0.0814. The second-order valence-electron chi connectivity index (χ2n) is 4.61. The number of ether oxygens (including phenoxy) is 1. The van der Waals surface area contributed by atoms with E-state index in [0.29, 0.717) is 12.0 Å². The van der Waals surface area contributed by atoms with E-state index in [2.05, 4.69) is 15.9 Å². The average Bonchev–Trinajstić information content (AvgIpc) is 2.44. The maximum Gasteiger partial charge on any atom is 0.126 e. The van der Waals surface area contributed by atoms with Crippen LogP contribution in [0.15, 0.2) is 46.9 Å². The molecule has 1 N–H and O–H groups in total. The molecule has 0 radical (unpaired) electrons. The molecule has 20 heavy (non-hydrogen) atoms. The lowest BCUT2D eigenvalue weighted by atomic mass is 10.0. The molecule has 2 aromatic carbocycles. The number of aliphatic hydroxyl groups is 1. The Kier molecular flexibility index (Phi) is 5.15. The van der Waals surface area contributed by atoms with Gasteiger partial charge in [-0.2, -0.15) is 0 Å². The van der Waals surface area contributed by atoms with E-state index in [1.54, 1.807) is 25.3 Å². The predicted octanol–water partition coefficient (Wildman–Crippen LogP) is 3.74. The third kappa shape index (κ3) is 3.81. The molecular formula is C16H16BrFO2. The lowest BCUT2D eigenvalue weighted by molar-refractivity contribution is 0.174. The Morgan fingerprint density at radius 1 is 1.15 bits per heavy atom. The first-order valence-electron chi connectivity index (χ1n) is 6.34. The Morgan fingerprint density at radius 2 is 1.85 bits per heavy atom. The van der Waals surface area contributed by atoms with E-state index < -0.39 is 6.10 Å². The van der Waals surface area contributed by atoms with Gasteiger partial charge in [0.1, 0.15) is 11.6 Å². The van der Waals surface area contributed by atoms with Crippen LogP contribution in [-0.2, 0) is 12.8 Å². The summed E-state index contributed by atoms with van der Waals surface area (Å²) in [5.41, 5.74) is 1.47. The summed E-state index contributed by atoms with van der Waals surface area (Å²) in [7, 11) is 1.60. The highest BCUT2D eigenvalue weighted by Crippen LogP contribution is 2.24. The van der Waals surface area contributed by atoms with Gasteiger partial charge in [0.05, 0.1) is 13.2 Å². The molecule has 2 nitrogen and oxygen atoms in total. The molecule has 4 heteroatoms. The summed E-state index contributed by atoms with van der Waals surface area (Å²) >= 11 is 3.45. The molecule has 0 saturated heterocycles. The van der Waals surface area contributed by atoms with Crippen LogP contribution in [0.2, 0.25) is 0 Å². The zero-order chi connectivity index (χ0) is 14.5. The SMILES string of the molecule is COc1ccc(Br)c(CC(O)Cc2ccccc2F)c1. The highest BCUT2D eigenvalue weighted by molar-refractivity contribution is 9.10. The van der Waals surface area contributed by atoms with E-state index in [-0.39, 0.29) is 12.2 Å². The molecule has 1 unspecified atom stereocenters. The molecule has 0 fully saturated rings. The van der Waals surface area contributed by atoms with E-state index in [1.165, 1.54) is 6.07 Å². The fraction of sp³-hybridized carbons (Fsp3) is 0.250. The van der Waals surface area contributed by atoms with E-state index >= 15 is 0 Å². The van der Waals surface area contributed by atoms with Gasteiger partial charge in [-0.1, -0.05) is 34.1 Å². The van der Waals surface area contributed by atoms with E-state index in [0.717, 1.165) is 15.8 Å². The number of rotatable bonds is 5. The number of halogens is 2. The zero-order valence-electron chi connectivity index (χ0n) is 11.1. The highest BCUT2D eigenvalue weighted by atomic mass is 79.9. The summed E-state index contributed by atoms with van der Waals surface area (Å²) in [6, 6.07) is 12.1. The van der Waals surface area contributed by atoms with Crippen molar-refractivity contribution in [3.05, 3.63) is 63.9 Å². The molecule has 2 aromatic rings. The Balaban J connectivity index is 2.08. The van der Waals surface area contributed by atoms with Crippen molar-refractivity contribution in [1.82, 2.24) is 0 Å². The van der Waals surface area contributed by atoms with Crippen LogP contribution in [0.3, 0.4) is 0 Å². The van der Waals surface area contributed by atoms with Crippen LogP contribution >= 0.6 is 15.9 Å². The maximum atomic E-state index is 13.5. The molecular weight excluding hydrogens is 323 g/mol. The van der Waals surface area contributed by atoms with Crippen molar-refractivity contribution in [2.24, 2.45) is 0 Å². The van der Waals surface area contributed by atoms with Crippen LogP contribution in [0.1, 0.15) is 11.1 Å². The minimum absolute atomic E-state index is 0.281. The highest BCUT2D eigenvalue weighted by Gasteiger charge is 2.12. The number of hydrogen-bond acceptors (Lipinski definition) is 2. The summed E-state index contributed by atoms with van der Waals surface area (Å²) in [4.78, 5) is 0. The molecule has 106 valence electrons. The lowest BCUT2D eigenvalue weighted by Crippen LogP contribution is -2.15. The van der Waals surface area contributed by atoms with Gasteiger partial charge in [0.25, 0.3) is 0 Å². The van der Waals surface area contributed by atoms with Crippen molar-refractivity contribution < 1.29 is 14.2 Å². The van der Waals surface area contributed by atoms with Crippen LogP contribution in [0.25, 0.3) is 0 Å². The number of methoxy groups -OCH3 is 1. The second kappa shape index (κ2) is 6.86. The van der Waals surface area contributed by atoms with Crippen LogP contribution in [0.4, 0.5) is 4.39 Å². The van der Waals surface area contributed by atoms with Crippen LogP contribution < -0.4 is 4.74 Å². The summed E-state index contributed by atoms with van der Waals surface area (Å²) in [6.45, 7) is 0. The van der Waals surface area contributed by atoms with E-state index in [4.69, 9.17) is 4.74 Å². The third-order valence-electron chi connectivity index (χ3n) is 3.12. The molecule has 0 bridgehead atoms. The van der Waals surface area contributed by atoms with Crippen molar-refractivity contribution in [2.75, 3.05) is 7.11 Å². The van der Waals surface area contributed by atoms with Crippen molar-refractivity contribution >= 4 is 15.9 Å². The van der Waals surface area contributed by atoms with Crippen molar-refractivity contribution in [3.8, 4) is 5.75 Å². The molecule has 0 spiro atoms. The van der Waals surface area contributed by atoms with Crippen LogP contribution in [0, 0.1) is 5.82 Å². The van der Waals surface area contributed by atoms with Gasteiger partial charge in [-0.3, -0.25) is 0 Å². The van der Waals surface area contributed by atoms with Gasteiger partial charge in [-0.05, 0) is 41.8 Å². The number of aliphatic hydroxyl groups excluding tert-OH is 1. The first-order valence-corrected chi connectivity index (χ1v) is 7.13. The summed E-state index contributed by atoms with van der Waals surface area (Å²) in [5.74, 6) is 0.456. The standard InChI is InChI=1S/C16H16BrFO2/c1-20-14-6-7-15(17)12(10-14)9-13(19)8-11-4-2-3-5-16(11)18/h2-7,10,13,19H,8-9H2,1H3. The first-order chi connectivity index (χ1) is 9.60. The minimum Gasteiger partial charge on any atom is -0.497 e. The topological polar surface area (TPSA) is 29.5 Å². The molecule has 0 aliphatic rings. The summed E-state index contributed by atoms with van der Waals surface area (Å²) in [5, 5.41) is 10.1. The zero-order valence-corrected chi connectivity index (χ0v) is 12.7. The van der Waals surface area contributed by atoms with Gasteiger partial charge in [-0.15, -0.1) is 0 Å². The van der Waals surface area contributed by atoms with Crippen molar-refractivity contribution in [2.45, 2.75) is 18.9 Å².